The second-order valence-electron chi connectivity index (χ2n) is 6.85. The van der Waals surface area contributed by atoms with Gasteiger partial charge in [-0.2, -0.15) is 0 Å². The summed E-state index contributed by atoms with van der Waals surface area (Å²) in [6.45, 7) is 7.87. The fourth-order valence-electron chi connectivity index (χ4n) is 3.60. The van der Waals surface area contributed by atoms with Crippen LogP contribution in [0, 0.1) is 5.92 Å². The van der Waals surface area contributed by atoms with Crippen LogP contribution in [0.15, 0.2) is 6.33 Å². The molecule has 4 heteroatoms. The molecule has 116 valence electrons. The van der Waals surface area contributed by atoms with Crippen LogP contribution in [0.25, 0.3) is 0 Å². The van der Waals surface area contributed by atoms with Gasteiger partial charge in [-0.25, -0.2) is 9.97 Å². The zero-order valence-corrected chi connectivity index (χ0v) is 13.4. The first-order valence-corrected chi connectivity index (χ1v) is 8.55. The SMILES string of the molecule is CC(C)NCC1CCCN(c2ncnc3c2CCCC3)C1. The summed E-state index contributed by atoms with van der Waals surface area (Å²) < 4.78 is 0. The second kappa shape index (κ2) is 6.73. The summed E-state index contributed by atoms with van der Waals surface area (Å²) in [5, 5.41) is 3.59. The minimum Gasteiger partial charge on any atom is -0.356 e. The molecular weight excluding hydrogens is 260 g/mol. The van der Waals surface area contributed by atoms with E-state index in [0.717, 1.165) is 38.4 Å². The van der Waals surface area contributed by atoms with Crippen LogP contribution in [-0.4, -0.2) is 35.6 Å². The van der Waals surface area contributed by atoms with Crippen molar-refractivity contribution in [2.45, 2.75) is 58.4 Å². The Hall–Kier alpha value is -1.16. The van der Waals surface area contributed by atoms with Gasteiger partial charge in [0.2, 0.25) is 0 Å². The maximum Gasteiger partial charge on any atom is 0.135 e. The van der Waals surface area contributed by atoms with Gasteiger partial charge in [0.15, 0.2) is 0 Å². The van der Waals surface area contributed by atoms with E-state index in [0.29, 0.717) is 6.04 Å². The second-order valence-corrected chi connectivity index (χ2v) is 6.85. The van der Waals surface area contributed by atoms with Crippen LogP contribution in [0.1, 0.15) is 50.8 Å². The highest BCUT2D eigenvalue weighted by molar-refractivity contribution is 5.50. The van der Waals surface area contributed by atoms with E-state index in [-0.39, 0.29) is 0 Å². The topological polar surface area (TPSA) is 41.0 Å². The van der Waals surface area contributed by atoms with Gasteiger partial charge in [-0.05, 0) is 51.0 Å². The fourth-order valence-corrected chi connectivity index (χ4v) is 3.60. The van der Waals surface area contributed by atoms with Gasteiger partial charge in [0, 0.05) is 30.4 Å². The Kier molecular flexibility index (Phi) is 4.73. The van der Waals surface area contributed by atoms with Crippen LogP contribution < -0.4 is 10.2 Å². The van der Waals surface area contributed by atoms with Crippen molar-refractivity contribution in [3.63, 3.8) is 0 Å². The quantitative estimate of drug-likeness (QED) is 0.924. The van der Waals surface area contributed by atoms with Gasteiger partial charge in [0.05, 0.1) is 0 Å². The Morgan fingerprint density at radius 2 is 2.10 bits per heavy atom. The number of nitrogens with one attached hydrogen (secondary N) is 1. The molecule has 1 fully saturated rings. The van der Waals surface area contributed by atoms with Gasteiger partial charge in [-0.15, -0.1) is 0 Å². The van der Waals surface area contributed by atoms with Crippen molar-refractivity contribution in [2.75, 3.05) is 24.5 Å². The van der Waals surface area contributed by atoms with Crippen molar-refractivity contribution < 1.29 is 0 Å². The number of piperidine rings is 1. The first-order chi connectivity index (χ1) is 10.2. The van der Waals surface area contributed by atoms with E-state index in [2.05, 4.69) is 34.0 Å². The normalized spacial score (nSPS) is 22.4. The van der Waals surface area contributed by atoms with Crippen LogP contribution in [0.2, 0.25) is 0 Å². The Bertz CT molecular complexity index is 472. The standard InChI is InChI=1S/C17H28N4/c1-13(2)18-10-14-6-5-9-21(11-14)17-15-7-3-4-8-16(15)19-12-20-17/h12-14,18H,3-11H2,1-2H3. The monoisotopic (exact) mass is 288 g/mol. The van der Waals surface area contributed by atoms with Crippen LogP contribution in [-0.2, 0) is 12.8 Å². The van der Waals surface area contributed by atoms with Crippen molar-refractivity contribution in [2.24, 2.45) is 5.92 Å². The molecule has 1 atom stereocenters. The van der Waals surface area contributed by atoms with Crippen molar-refractivity contribution in [3.8, 4) is 0 Å². The van der Waals surface area contributed by atoms with Crippen molar-refractivity contribution >= 4 is 5.82 Å². The molecule has 1 aliphatic carbocycles. The highest BCUT2D eigenvalue weighted by atomic mass is 15.2. The number of nitrogens with zero attached hydrogens (tertiary/aromatic N) is 3. The van der Waals surface area contributed by atoms with Gasteiger partial charge in [0.1, 0.15) is 12.1 Å². The number of rotatable bonds is 4. The van der Waals surface area contributed by atoms with Crippen LogP contribution in [0.3, 0.4) is 0 Å². The lowest BCUT2D eigenvalue weighted by Crippen LogP contribution is -2.42. The van der Waals surface area contributed by atoms with Gasteiger partial charge >= 0.3 is 0 Å². The first-order valence-electron chi connectivity index (χ1n) is 8.55. The molecule has 0 amide bonds. The predicted molar refractivity (Wildman–Crippen MR) is 86.7 cm³/mol. The van der Waals surface area contributed by atoms with E-state index in [9.17, 15) is 0 Å². The summed E-state index contributed by atoms with van der Waals surface area (Å²) in [6, 6.07) is 0.576. The molecule has 0 spiro atoms. The van der Waals surface area contributed by atoms with Gasteiger partial charge in [0.25, 0.3) is 0 Å². The summed E-state index contributed by atoms with van der Waals surface area (Å²) in [7, 11) is 0. The number of aryl methyl sites for hydroxylation is 1. The molecule has 4 nitrogen and oxygen atoms in total. The lowest BCUT2D eigenvalue weighted by Gasteiger charge is -2.35. The van der Waals surface area contributed by atoms with E-state index in [1.165, 1.54) is 42.8 Å². The smallest absolute Gasteiger partial charge is 0.135 e. The average molecular weight is 288 g/mol. The van der Waals surface area contributed by atoms with Crippen LogP contribution >= 0.6 is 0 Å². The largest absolute Gasteiger partial charge is 0.356 e. The highest BCUT2D eigenvalue weighted by Crippen LogP contribution is 2.29. The molecule has 1 aromatic heterocycles. The summed E-state index contributed by atoms with van der Waals surface area (Å²) in [6.07, 6.45) is 9.26. The minimum atomic E-state index is 0.576. The van der Waals surface area contributed by atoms with Crippen molar-refractivity contribution in [1.82, 2.24) is 15.3 Å². The lowest BCUT2D eigenvalue weighted by molar-refractivity contribution is 0.377. The highest BCUT2D eigenvalue weighted by Gasteiger charge is 2.25. The van der Waals surface area contributed by atoms with Crippen molar-refractivity contribution in [1.29, 1.82) is 0 Å². The summed E-state index contributed by atoms with van der Waals surface area (Å²) in [5.74, 6) is 1.98. The molecule has 0 bridgehead atoms. The van der Waals surface area contributed by atoms with E-state index >= 15 is 0 Å². The predicted octanol–water partition coefficient (Wildman–Crippen LogP) is 2.57. The molecule has 1 saturated heterocycles. The van der Waals surface area contributed by atoms with Gasteiger partial charge in [-0.1, -0.05) is 13.8 Å². The number of aromatic nitrogens is 2. The third-order valence-corrected chi connectivity index (χ3v) is 4.74. The zero-order valence-electron chi connectivity index (χ0n) is 13.4. The summed E-state index contributed by atoms with van der Waals surface area (Å²) >= 11 is 0. The maximum atomic E-state index is 4.64. The van der Waals surface area contributed by atoms with E-state index < -0.39 is 0 Å². The van der Waals surface area contributed by atoms with Crippen LogP contribution in [0.4, 0.5) is 5.82 Å². The molecular formula is C17H28N4. The maximum absolute atomic E-state index is 4.64. The molecule has 0 radical (unpaired) electrons. The Labute approximate surface area is 128 Å². The molecule has 2 aliphatic rings. The summed E-state index contributed by atoms with van der Waals surface area (Å²) in [5.41, 5.74) is 2.73. The molecule has 3 rings (SSSR count). The Morgan fingerprint density at radius 1 is 1.24 bits per heavy atom. The van der Waals surface area contributed by atoms with Crippen molar-refractivity contribution in [3.05, 3.63) is 17.6 Å². The summed E-state index contributed by atoms with van der Waals surface area (Å²) in [4.78, 5) is 11.7. The number of hydrogen-bond donors (Lipinski definition) is 1. The minimum absolute atomic E-state index is 0.576. The van der Waals surface area contributed by atoms with E-state index in [4.69, 9.17) is 0 Å². The van der Waals surface area contributed by atoms with E-state index in [1.807, 2.05) is 0 Å². The lowest BCUT2D eigenvalue weighted by atomic mass is 9.94. The Morgan fingerprint density at radius 3 is 2.95 bits per heavy atom. The first kappa shape index (κ1) is 14.8. The van der Waals surface area contributed by atoms with Crippen LogP contribution in [0.5, 0.6) is 0 Å². The number of hydrogen-bond acceptors (Lipinski definition) is 4. The molecule has 1 aliphatic heterocycles. The molecule has 1 aromatic rings. The molecule has 0 saturated carbocycles. The zero-order chi connectivity index (χ0) is 14.7. The molecule has 0 aromatic carbocycles. The molecule has 1 N–H and O–H groups in total. The molecule has 1 unspecified atom stereocenters. The number of anilines is 1. The molecule has 21 heavy (non-hydrogen) atoms. The third-order valence-electron chi connectivity index (χ3n) is 4.74. The van der Waals surface area contributed by atoms with Gasteiger partial charge < -0.3 is 10.2 Å². The fraction of sp³-hybridized carbons (Fsp3) is 0.765. The Balaban J connectivity index is 1.71. The third kappa shape index (κ3) is 3.54. The van der Waals surface area contributed by atoms with E-state index in [1.54, 1.807) is 6.33 Å². The average Bonchev–Trinajstić information content (AvgIpc) is 2.52. The van der Waals surface area contributed by atoms with Gasteiger partial charge in [-0.3, -0.25) is 0 Å². The number of fused-ring (bicyclic) bond motifs is 1. The molecule has 2 heterocycles.